The number of carbonyl (C=O) groups is 1. The molecule has 1 aromatic heterocycles. The molecular weight excluding hydrogens is 426 g/mol. The zero-order chi connectivity index (χ0) is 23.8. The van der Waals surface area contributed by atoms with E-state index in [9.17, 15) is 14.9 Å². The van der Waals surface area contributed by atoms with Crippen LogP contribution in [0.5, 0.6) is 0 Å². The molecule has 5 rings (SSSR count). The molecule has 170 valence electrons. The van der Waals surface area contributed by atoms with Gasteiger partial charge in [0.15, 0.2) is 0 Å². The molecule has 0 unspecified atom stereocenters. The molecule has 1 aliphatic rings. The predicted molar refractivity (Wildman–Crippen MR) is 136 cm³/mol. The SMILES string of the molecule is CC(C)CN1C(=O)/C(=C\c2cn(Cc3ccc([N+](=O)[O-])cc3)c3ccccc23)c2ccccc21. The highest BCUT2D eigenvalue weighted by atomic mass is 16.6. The number of hydrogen-bond donors (Lipinski definition) is 0. The summed E-state index contributed by atoms with van der Waals surface area (Å²) in [7, 11) is 0. The Morgan fingerprint density at radius 2 is 1.68 bits per heavy atom. The van der Waals surface area contributed by atoms with E-state index in [1.54, 1.807) is 12.1 Å². The average molecular weight is 452 g/mol. The number of carbonyl (C=O) groups excluding carboxylic acids is 1. The molecule has 0 fully saturated rings. The van der Waals surface area contributed by atoms with Crippen molar-refractivity contribution < 1.29 is 9.72 Å². The van der Waals surface area contributed by atoms with Gasteiger partial charge in [0, 0.05) is 59.0 Å². The Morgan fingerprint density at radius 1 is 0.971 bits per heavy atom. The van der Waals surface area contributed by atoms with Crippen LogP contribution in [0.15, 0.2) is 79.0 Å². The zero-order valence-corrected chi connectivity index (χ0v) is 19.1. The molecule has 0 saturated heterocycles. The largest absolute Gasteiger partial charge is 0.342 e. The normalized spacial score (nSPS) is 14.4. The number of aromatic nitrogens is 1. The second-order valence-electron chi connectivity index (χ2n) is 9.04. The third kappa shape index (κ3) is 3.88. The molecule has 6 nitrogen and oxygen atoms in total. The van der Waals surface area contributed by atoms with Crippen molar-refractivity contribution in [1.29, 1.82) is 0 Å². The van der Waals surface area contributed by atoms with Gasteiger partial charge in [0.2, 0.25) is 0 Å². The maximum absolute atomic E-state index is 13.4. The number of hydrogen-bond acceptors (Lipinski definition) is 3. The Morgan fingerprint density at radius 3 is 2.41 bits per heavy atom. The monoisotopic (exact) mass is 451 g/mol. The lowest BCUT2D eigenvalue weighted by molar-refractivity contribution is -0.384. The quantitative estimate of drug-likeness (QED) is 0.201. The molecule has 0 atom stereocenters. The summed E-state index contributed by atoms with van der Waals surface area (Å²) in [6, 6.07) is 22.7. The highest BCUT2D eigenvalue weighted by Crippen LogP contribution is 2.39. The van der Waals surface area contributed by atoms with Gasteiger partial charge in [0.05, 0.1) is 10.6 Å². The molecule has 0 radical (unpaired) electrons. The summed E-state index contributed by atoms with van der Waals surface area (Å²) in [4.78, 5) is 25.9. The van der Waals surface area contributed by atoms with Crippen molar-refractivity contribution in [3.8, 4) is 0 Å². The van der Waals surface area contributed by atoms with E-state index in [-0.39, 0.29) is 11.6 Å². The van der Waals surface area contributed by atoms with Crippen LogP contribution >= 0.6 is 0 Å². The van der Waals surface area contributed by atoms with Gasteiger partial charge in [-0.05, 0) is 29.7 Å². The second-order valence-corrected chi connectivity index (χ2v) is 9.04. The van der Waals surface area contributed by atoms with Crippen LogP contribution in [0.25, 0.3) is 22.6 Å². The van der Waals surface area contributed by atoms with E-state index in [1.807, 2.05) is 47.4 Å². The topological polar surface area (TPSA) is 68.4 Å². The second kappa shape index (κ2) is 8.63. The highest BCUT2D eigenvalue weighted by molar-refractivity contribution is 6.36. The van der Waals surface area contributed by atoms with Gasteiger partial charge in [-0.3, -0.25) is 14.9 Å². The molecular formula is C28H25N3O3. The molecule has 6 heteroatoms. The molecule has 2 heterocycles. The standard InChI is InChI=1S/C28H25N3O3/c1-19(2)16-30-27-10-6-4-8-24(27)25(28(30)32)15-21-18-29(26-9-5-3-7-23(21)26)17-20-11-13-22(14-12-20)31(33)34/h3-15,18-19H,16-17H2,1-2H3/b25-15-. The van der Waals surface area contributed by atoms with E-state index in [0.717, 1.165) is 33.3 Å². The summed E-state index contributed by atoms with van der Waals surface area (Å²) < 4.78 is 2.13. The maximum Gasteiger partial charge on any atom is 0.269 e. The van der Waals surface area contributed by atoms with Crippen molar-refractivity contribution in [3.05, 3.63) is 106 Å². The van der Waals surface area contributed by atoms with Crippen molar-refractivity contribution in [1.82, 2.24) is 4.57 Å². The molecule has 1 aliphatic heterocycles. The summed E-state index contributed by atoms with van der Waals surface area (Å²) in [5, 5.41) is 12.0. The zero-order valence-electron chi connectivity index (χ0n) is 19.1. The first-order chi connectivity index (χ1) is 16.4. The Hall–Kier alpha value is -4.19. The number of para-hydroxylation sites is 2. The van der Waals surface area contributed by atoms with Crippen molar-refractivity contribution >= 4 is 39.8 Å². The van der Waals surface area contributed by atoms with E-state index in [0.29, 0.717) is 24.6 Å². The Kier molecular flexibility index (Phi) is 5.49. The van der Waals surface area contributed by atoms with E-state index in [2.05, 4.69) is 36.7 Å². The van der Waals surface area contributed by atoms with Crippen LogP contribution in [0.4, 0.5) is 11.4 Å². The summed E-state index contributed by atoms with van der Waals surface area (Å²) in [6.45, 7) is 5.48. The van der Waals surface area contributed by atoms with Crippen molar-refractivity contribution in [3.63, 3.8) is 0 Å². The first-order valence-electron chi connectivity index (χ1n) is 11.4. The van der Waals surface area contributed by atoms with Gasteiger partial charge in [0.1, 0.15) is 0 Å². The minimum Gasteiger partial charge on any atom is -0.342 e. The third-order valence-corrected chi connectivity index (χ3v) is 6.13. The number of non-ortho nitro benzene ring substituents is 1. The van der Waals surface area contributed by atoms with E-state index < -0.39 is 4.92 Å². The number of nitrogens with zero attached hydrogens (tertiary/aromatic N) is 3. The van der Waals surface area contributed by atoms with Crippen molar-refractivity contribution in [2.75, 3.05) is 11.4 Å². The van der Waals surface area contributed by atoms with Crippen molar-refractivity contribution in [2.45, 2.75) is 20.4 Å². The Bertz CT molecular complexity index is 1430. The van der Waals surface area contributed by atoms with Crippen LogP contribution in [-0.2, 0) is 11.3 Å². The van der Waals surface area contributed by atoms with Gasteiger partial charge in [-0.2, -0.15) is 0 Å². The van der Waals surface area contributed by atoms with Crippen LogP contribution in [0.1, 0.15) is 30.5 Å². The molecule has 34 heavy (non-hydrogen) atoms. The first kappa shape index (κ1) is 21.6. The Labute approximate surface area is 197 Å². The number of benzene rings is 3. The van der Waals surface area contributed by atoms with Gasteiger partial charge in [0.25, 0.3) is 11.6 Å². The van der Waals surface area contributed by atoms with Gasteiger partial charge in [-0.15, -0.1) is 0 Å². The number of rotatable bonds is 6. The highest BCUT2D eigenvalue weighted by Gasteiger charge is 2.32. The lowest BCUT2D eigenvalue weighted by Gasteiger charge is -2.19. The summed E-state index contributed by atoms with van der Waals surface area (Å²) in [5.41, 5.74) is 5.69. The first-order valence-corrected chi connectivity index (χ1v) is 11.4. The fourth-order valence-electron chi connectivity index (χ4n) is 4.59. The van der Waals surface area contributed by atoms with Crippen LogP contribution < -0.4 is 4.90 Å². The lowest BCUT2D eigenvalue weighted by Crippen LogP contribution is -2.30. The molecule has 4 aromatic rings. The summed E-state index contributed by atoms with van der Waals surface area (Å²) in [5.74, 6) is 0.391. The molecule has 0 spiro atoms. The van der Waals surface area contributed by atoms with Crippen LogP contribution in [0.3, 0.4) is 0 Å². The molecule has 0 saturated carbocycles. The minimum atomic E-state index is -0.391. The van der Waals surface area contributed by atoms with Gasteiger partial charge >= 0.3 is 0 Å². The van der Waals surface area contributed by atoms with E-state index in [4.69, 9.17) is 0 Å². The van der Waals surface area contributed by atoms with E-state index in [1.165, 1.54) is 12.1 Å². The number of amides is 1. The Balaban J connectivity index is 1.56. The van der Waals surface area contributed by atoms with E-state index >= 15 is 0 Å². The van der Waals surface area contributed by atoms with Crippen molar-refractivity contribution in [2.24, 2.45) is 5.92 Å². The number of fused-ring (bicyclic) bond motifs is 2. The van der Waals surface area contributed by atoms with Crippen LogP contribution in [0.2, 0.25) is 0 Å². The van der Waals surface area contributed by atoms with Gasteiger partial charge in [-0.1, -0.05) is 62.4 Å². The van der Waals surface area contributed by atoms with Gasteiger partial charge in [-0.25, -0.2) is 0 Å². The number of nitro benzene ring substituents is 1. The van der Waals surface area contributed by atoms with Gasteiger partial charge < -0.3 is 9.47 Å². The summed E-state index contributed by atoms with van der Waals surface area (Å²) in [6.07, 6.45) is 4.05. The number of nitro groups is 1. The fourth-order valence-corrected chi connectivity index (χ4v) is 4.59. The maximum atomic E-state index is 13.4. The smallest absolute Gasteiger partial charge is 0.269 e. The molecule has 0 bridgehead atoms. The molecule has 0 N–H and O–H groups in total. The number of anilines is 1. The third-order valence-electron chi connectivity index (χ3n) is 6.13. The fraction of sp³-hybridized carbons (Fsp3) is 0.179. The average Bonchev–Trinajstić information content (AvgIpc) is 3.30. The predicted octanol–water partition coefficient (Wildman–Crippen LogP) is 6.14. The van der Waals surface area contributed by atoms with Crippen LogP contribution in [-0.4, -0.2) is 21.9 Å². The molecule has 3 aromatic carbocycles. The summed E-state index contributed by atoms with van der Waals surface area (Å²) >= 11 is 0. The molecule has 1 amide bonds. The lowest BCUT2D eigenvalue weighted by atomic mass is 10.0. The van der Waals surface area contributed by atoms with Crippen LogP contribution in [0, 0.1) is 16.0 Å². The minimum absolute atomic E-state index is 0.0297. The molecule has 0 aliphatic carbocycles.